The van der Waals surface area contributed by atoms with E-state index < -0.39 is 0 Å². The molecule has 0 aliphatic rings. The van der Waals surface area contributed by atoms with Gasteiger partial charge < -0.3 is 4.74 Å². The van der Waals surface area contributed by atoms with Crippen LogP contribution < -0.4 is 4.74 Å². The Labute approximate surface area is 116 Å². The fraction of sp³-hybridized carbons (Fsp3) is 0.333. The highest BCUT2D eigenvalue weighted by molar-refractivity contribution is 5.35. The summed E-state index contributed by atoms with van der Waals surface area (Å²) in [4.78, 5) is 0. The molecule has 19 heavy (non-hydrogen) atoms. The van der Waals surface area contributed by atoms with Gasteiger partial charge in [0.15, 0.2) is 0 Å². The van der Waals surface area contributed by atoms with Gasteiger partial charge in [-0.2, -0.15) is 0 Å². The Morgan fingerprint density at radius 1 is 0.895 bits per heavy atom. The van der Waals surface area contributed by atoms with Crippen molar-refractivity contribution in [2.45, 2.75) is 32.1 Å². The second kappa shape index (κ2) is 5.48. The van der Waals surface area contributed by atoms with E-state index in [9.17, 15) is 0 Å². The van der Waals surface area contributed by atoms with Crippen LogP contribution in [0.1, 0.15) is 37.8 Å². The molecule has 2 aromatic rings. The molecule has 0 radical (unpaired) electrons. The maximum Gasteiger partial charge on any atom is 0.118 e. The zero-order valence-corrected chi connectivity index (χ0v) is 12.2. The average Bonchev–Trinajstić information content (AvgIpc) is 2.47. The second-order valence-electron chi connectivity index (χ2n) is 5.58. The summed E-state index contributed by atoms with van der Waals surface area (Å²) in [6.45, 7) is 6.89. The molecule has 0 bridgehead atoms. The molecule has 0 saturated heterocycles. The Bertz CT molecular complexity index is 511. The van der Waals surface area contributed by atoms with Crippen LogP contribution in [0.25, 0.3) is 0 Å². The van der Waals surface area contributed by atoms with Crippen molar-refractivity contribution in [3.63, 3.8) is 0 Å². The van der Waals surface area contributed by atoms with Crippen LogP contribution in [-0.2, 0) is 5.41 Å². The number of methoxy groups -OCH3 is 1. The van der Waals surface area contributed by atoms with Crippen LogP contribution in [0.3, 0.4) is 0 Å². The van der Waals surface area contributed by atoms with E-state index in [0.717, 1.165) is 5.75 Å². The number of hydrogen-bond acceptors (Lipinski definition) is 1. The summed E-state index contributed by atoms with van der Waals surface area (Å²) in [6, 6.07) is 19.1. The topological polar surface area (TPSA) is 9.23 Å². The van der Waals surface area contributed by atoms with Crippen molar-refractivity contribution in [2.24, 2.45) is 0 Å². The van der Waals surface area contributed by atoms with Gasteiger partial charge in [0.2, 0.25) is 0 Å². The van der Waals surface area contributed by atoms with Crippen LogP contribution in [0, 0.1) is 0 Å². The lowest BCUT2D eigenvalue weighted by atomic mass is 9.71. The van der Waals surface area contributed by atoms with Gasteiger partial charge in [-0.05, 0) is 34.6 Å². The molecule has 0 saturated carbocycles. The minimum absolute atomic E-state index is 0.0909. The monoisotopic (exact) mass is 254 g/mol. The lowest BCUT2D eigenvalue weighted by molar-refractivity contribution is 0.411. The largest absolute Gasteiger partial charge is 0.497 e. The minimum atomic E-state index is 0.0909. The Morgan fingerprint density at radius 2 is 1.47 bits per heavy atom. The average molecular weight is 254 g/mol. The van der Waals surface area contributed by atoms with E-state index in [1.807, 2.05) is 12.1 Å². The van der Waals surface area contributed by atoms with Crippen molar-refractivity contribution in [3.8, 4) is 5.75 Å². The van der Waals surface area contributed by atoms with E-state index in [-0.39, 0.29) is 5.41 Å². The van der Waals surface area contributed by atoms with Crippen LogP contribution in [0.2, 0.25) is 0 Å². The fourth-order valence-corrected chi connectivity index (χ4v) is 2.43. The van der Waals surface area contributed by atoms with Gasteiger partial charge in [0.05, 0.1) is 7.11 Å². The summed E-state index contributed by atoms with van der Waals surface area (Å²) in [6.07, 6.45) is 0. The molecule has 0 heterocycles. The number of ether oxygens (including phenoxy) is 1. The molecule has 2 rings (SSSR count). The summed E-state index contributed by atoms with van der Waals surface area (Å²) in [7, 11) is 1.70. The third-order valence-electron chi connectivity index (χ3n) is 4.22. The molecule has 0 aromatic heterocycles. The summed E-state index contributed by atoms with van der Waals surface area (Å²) in [5, 5.41) is 0. The molecule has 0 aliphatic carbocycles. The molecule has 1 atom stereocenters. The number of rotatable bonds is 4. The van der Waals surface area contributed by atoms with Gasteiger partial charge in [0.25, 0.3) is 0 Å². The molecule has 0 spiro atoms. The van der Waals surface area contributed by atoms with Crippen molar-refractivity contribution in [2.75, 3.05) is 7.11 Å². The molecule has 0 fully saturated rings. The lowest BCUT2D eigenvalue weighted by Crippen LogP contribution is -2.24. The molecule has 0 N–H and O–H groups in total. The molecular weight excluding hydrogens is 232 g/mol. The quantitative estimate of drug-likeness (QED) is 0.763. The molecule has 1 nitrogen and oxygen atoms in total. The van der Waals surface area contributed by atoms with E-state index >= 15 is 0 Å². The van der Waals surface area contributed by atoms with E-state index in [4.69, 9.17) is 4.74 Å². The van der Waals surface area contributed by atoms with E-state index in [1.165, 1.54) is 11.1 Å². The molecular formula is C18H22O. The minimum Gasteiger partial charge on any atom is -0.497 e. The predicted molar refractivity (Wildman–Crippen MR) is 80.9 cm³/mol. The maximum atomic E-state index is 5.23. The SMILES string of the molecule is COc1ccc(C(C)(C)C(C)c2ccccc2)cc1. The molecule has 0 aliphatic heterocycles. The third-order valence-corrected chi connectivity index (χ3v) is 4.22. The first kappa shape index (κ1) is 13.7. The molecule has 100 valence electrons. The highest BCUT2D eigenvalue weighted by Crippen LogP contribution is 2.38. The summed E-state index contributed by atoms with van der Waals surface area (Å²) < 4.78 is 5.23. The Balaban J connectivity index is 2.30. The van der Waals surface area contributed by atoms with Gasteiger partial charge in [-0.15, -0.1) is 0 Å². The first-order valence-electron chi connectivity index (χ1n) is 6.75. The van der Waals surface area contributed by atoms with Crippen molar-refractivity contribution < 1.29 is 4.74 Å². The summed E-state index contributed by atoms with van der Waals surface area (Å²) >= 11 is 0. The standard InChI is InChI=1S/C18H22O/c1-14(15-8-6-5-7-9-15)18(2,3)16-10-12-17(19-4)13-11-16/h5-14H,1-4H3. The van der Waals surface area contributed by atoms with Crippen LogP contribution in [0.4, 0.5) is 0 Å². The zero-order chi connectivity index (χ0) is 13.9. The first-order chi connectivity index (χ1) is 9.05. The van der Waals surface area contributed by atoms with Crippen LogP contribution in [0.15, 0.2) is 54.6 Å². The zero-order valence-electron chi connectivity index (χ0n) is 12.2. The third kappa shape index (κ3) is 2.81. The molecule has 1 unspecified atom stereocenters. The van der Waals surface area contributed by atoms with Crippen molar-refractivity contribution in [1.82, 2.24) is 0 Å². The van der Waals surface area contributed by atoms with E-state index in [0.29, 0.717) is 5.92 Å². The van der Waals surface area contributed by atoms with E-state index in [2.05, 4.69) is 63.2 Å². The van der Waals surface area contributed by atoms with Gasteiger partial charge in [-0.25, -0.2) is 0 Å². The Morgan fingerprint density at radius 3 is 2.00 bits per heavy atom. The highest BCUT2D eigenvalue weighted by Gasteiger charge is 2.28. The van der Waals surface area contributed by atoms with Crippen LogP contribution in [-0.4, -0.2) is 7.11 Å². The predicted octanol–water partition coefficient (Wildman–Crippen LogP) is 4.78. The lowest BCUT2D eigenvalue weighted by Gasteiger charge is -2.33. The summed E-state index contributed by atoms with van der Waals surface area (Å²) in [5.41, 5.74) is 2.81. The van der Waals surface area contributed by atoms with Crippen LogP contribution >= 0.6 is 0 Å². The highest BCUT2D eigenvalue weighted by atomic mass is 16.5. The smallest absolute Gasteiger partial charge is 0.118 e. The second-order valence-corrected chi connectivity index (χ2v) is 5.58. The number of hydrogen-bond donors (Lipinski definition) is 0. The fourth-order valence-electron chi connectivity index (χ4n) is 2.43. The van der Waals surface area contributed by atoms with Crippen molar-refractivity contribution in [1.29, 1.82) is 0 Å². The van der Waals surface area contributed by atoms with Gasteiger partial charge >= 0.3 is 0 Å². The number of benzene rings is 2. The Kier molecular flexibility index (Phi) is 3.94. The van der Waals surface area contributed by atoms with Gasteiger partial charge in [-0.1, -0.05) is 63.2 Å². The van der Waals surface area contributed by atoms with Crippen LogP contribution in [0.5, 0.6) is 5.75 Å². The van der Waals surface area contributed by atoms with Crippen molar-refractivity contribution in [3.05, 3.63) is 65.7 Å². The summed E-state index contributed by atoms with van der Waals surface area (Å²) in [5.74, 6) is 1.37. The Hall–Kier alpha value is -1.76. The maximum absolute atomic E-state index is 5.23. The van der Waals surface area contributed by atoms with Gasteiger partial charge in [0, 0.05) is 0 Å². The van der Waals surface area contributed by atoms with Gasteiger partial charge in [0.1, 0.15) is 5.75 Å². The van der Waals surface area contributed by atoms with E-state index in [1.54, 1.807) is 7.11 Å². The first-order valence-corrected chi connectivity index (χ1v) is 6.75. The molecule has 2 aromatic carbocycles. The van der Waals surface area contributed by atoms with Crippen molar-refractivity contribution >= 4 is 0 Å². The normalized spacial score (nSPS) is 13.1. The van der Waals surface area contributed by atoms with Gasteiger partial charge in [-0.3, -0.25) is 0 Å². The molecule has 0 amide bonds. The molecule has 1 heteroatoms.